The molecule has 6 nitrogen and oxygen atoms in total. The van der Waals surface area contributed by atoms with Crippen molar-refractivity contribution < 1.29 is 28.6 Å². The van der Waals surface area contributed by atoms with E-state index in [0.717, 1.165) is 135 Å². The van der Waals surface area contributed by atoms with Crippen molar-refractivity contribution in [3.63, 3.8) is 0 Å². The minimum absolute atomic E-state index is 0.0878. The third-order valence-electron chi connectivity index (χ3n) is 14.6. The van der Waals surface area contributed by atoms with E-state index in [-0.39, 0.29) is 31.1 Å². The second-order valence-corrected chi connectivity index (χ2v) is 22.7. The van der Waals surface area contributed by atoms with E-state index in [9.17, 15) is 14.4 Å². The van der Waals surface area contributed by atoms with Gasteiger partial charge < -0.3 is 14.2 Å². The molecular weight excluding hydrogens is 1020 g/mol. The monoisotopic (exact) mass is 1150 g/mol. The van der Waals surface area contributed by atoms with E-state index in [2.05, 4.69) is 154 Å². The summed E-state index contributed by atoms with van der Waals surface area (Å²) in [5.41, 5.74) is 0. The third kappa shape index (κ3) is 68.2. The molecule has 0 saturated heterocycles. The molecule has 0 aromatic heterocycles. The Bertz CT molecular complexity index is 1750. The first-order valence-electron chi connectivity index (χ1n) is 34.7. The van der Waals surface area contributed by atoms with Crippen molar-refractivity contribution in [1.29, 1.82) is 0 Å². The van der Waals surface area contributed by atoms with E-state index >= 15 is 0 Å². The number of hydrogen-bond acceptors (Lipinski definition) is 6. The van der Waals surface area contributed by atoms with Crippen molar-refractivity contribution in [2.24, 2.45) is 0 Å². The number of esters is 3. The fourth-order valence-corrected chi connectivity index (χ4v) is 9.47. The molecular formula is C77H128O6. The first-order chi connectivity index (χ1) is 41.0. The smallest absolute Gasteiger partial charge is 0.306 e. The van der Waals surface area contributed by atoms with Crippen LogP contribution in [0.5, 0.6) is 0 Å². The Labute approximate surface area is 513 Å². The molecule has 0 radical (unpaired) electrons. The van der Waals surface area contributed by atoms with E-state index in [0.29, 0.717) is 19.3 Å². The van der Waals surface area contributed by atoms with Crippen LogP contribution in [0.25, 0.3) is 0 Å². The molecule has 1 atom stereocenters. The van der Waals surface area contributed by atoms with Crippen molar-refractivity contribution in [2.75, 3.05) is 13.2 Å². The van der Waals surface area contributed by atoms with Crippen LogP contribution in [0.2, 0.25) is 0 Å². The molecule has 0 amide bonds. The number of unbranched alkanes of at least 4 members (excludes halogenated alkanes) is 29. The quantitative estimate of drug-likeness (QED) is 0.0261. The van der Waals surface area contributed by atoms with Gasteiger partial charge in [0.25, 0.3) is 0 Å². The second kappa shape index (κ2) is 70.0. The fourth-order valence-electron chi connectivity index (χ4n) is 9.47. The van der Waals surface area contributed by atoms with Crippen molar-refractivity contribution in [2.45, 2.75) is 322 Å². The Morgan fingerprint density at radius 3 is 0.735 bits per heavy atom. The van der Waals surface area contributed by atoms with Gasteiger partial charge in [0.1, 0.15) is 13.2 Å². The lowest BCUT2D eigenvalue weighted by molar-refractivity contribution is -0.167. The Balaban J connectivity index is 4.18. The summed E-state index contributed by atoms with van der Waals surface area (Å²) in [6.45, 7) is 6.47. The third-order valence-corrected chi connectivity index (χ3v) is 14.6. The predicted octanol–water partition coefficient (Wildman–Crippen LogP) is 24.1. The number of allylic oxidation sites excluding steroid dienone is 22. The maximum Gasteiger partial charge on any atom is 0.306 e. The Morgan fingerprint density at radius 2 is 0.470 bits per heavy atom. The van der Waals surface area contributed by atoms with Crippen LogP contribution in [0, 0.1) is 0 Å². The second-order valence-electron chi connectivity index (χ2n) is 22.7. The van der Waals surface area contributed by atoms with Gasteiger partial charge in [-0.1, -0.05) is 309 Å². The van der Waals surface area contributed by atoms with Gasteiger partial charge in [0.05, 0.1) is 0 Å². The van der Waals surface area contributed by atoms with Crippen LogP contribution in [0.1, 0.15) is 316 Å². The lowest BCUT2D eigenvalue weighted by Crippen LogP contribution is -2.30. The van der Waals surface area contributed by atoms with E-state index in [1.807, 2.05) is 0 Å². The maximum atomic E-state index is 12.9. The summed E-state index contributed by atoms with van der Waals surface area (Å²) >= 11 is 0. The van der Waals surface area contributed by atoms with Crippen LogP contribution < -0.4 is 0 Å². The molecule has 0 N–H and O–H groups in total. The molecule has 0 saturated carbocycles. The van der Waals surface area contributed by atoms with Crippen LogP contribution in [0.15, 0.2) is 134 Å². The van der Waals surface area contributed by atoms with Crippen molar-refractivity contribution in [3.8, 4) is 0 Å². The van der Waals surface area contributed by atoms with E-state index < -0.39 is 6.10 Å². The normalized spacial score (nSPS) is 13.0. The zero-order valence-corrected chi connectivity index (χ0v) is 54.2. The Kier molecular flexibility index (Phi) is 66.3. The molecule has 0 aliphatic heterocycles. The standard InChI is InChI=1S/C77H128O6/c1-4-7-10-13-16-18-20-22-24-26-28-30-32-34-36-38-40-42-44-46-48-50-52-54-56-58-61-64-67-70-76(79)82-73-74(72-81-75(78)69-66-63-60-15-12-9-6-3)83-77(80)71-68-65-62-59-57-55-53-51-49-47-45-43-41-39-37-35-33-31-29-27-25-23-21-19-17-14-11-8-5-2/h7,10,16,18,21-24,27-30,33-36,40,42,46,48,52,54,74H,4-6,8-9,11-15,17,19-20,25-26,31-32,37-39,41,43-45,47,49-51,53,55-73H2,1-3H3/b10-7-,18-16-,23-21-,24-22-,29-27-,30-28-,35-33-,36-34-,42-40-,48-46-,54-52-. The zero-order chi connectivity index (χ0) is 59.9. The summed E-state index contributed by atoms with van der Waals surface area (Å²) in [4.78, 5) is 38.2. The van der Waals surface area contributed by atoms with Gasteiger partial charge in [0.2, 0.25) is 0 Å². The first-order valence-corrected chi connectivity index (χ1v) is 34.7. The molecule has 6 heteroatoms. The number of hydrogen-bond donors (Lipinski definition) is 0. The topological polar surface area (TPSA) is 78.9 Å². The van der Waals surface area contributed by atoms with Crippen LogP contribution in [-0.2, 0) is 28.6 Å². The molecule has 0 rings (SSSR count). The van der Waals surface area contributed by atoms with Crippen molar-refractivity contribution >= 4 is 17.9 Å². The van der Waals surface area contributed by atoms with Crippen LogP contribution >= 0.6 is 0 Å². The summed E-state index contributed by atoms with van der Waals surface area (Å²) in [6, 6.07) is 0. The lowest BCUT2D eigenvalue weighted by Gasteiger charge is -2.18. The summed E-state index contributed by atoms with van der Waals surface area (Å²) in [6.07, 6.45) is 99.3. The number of rotatable bonds is 62. The molecule has 472 valence electrons. The first kappa shape index (κ1) is 78.5. The van der Waals surface area contributed by atoms with Gasteiger partial charge in [-0.15, -0.1) is 0 Å². The SMILES string of the molecule is CC/C=C\C/C=C\C/C=C\C/C=C\C/C=C\C/C=C\C/C=C\C/C=C\CCCCCCC(=O)OCC(COC(=O)CCCCCCCCC)OC(=O)CCCCCCCCCCCCCCCC/C=C\C/C=C\C/C=C\CCCCCCC. The molecule has 0 aromatic rings. The highest BCUT2D eigenvalue weighted by atomic mass is 16.6. The maximum absolute atomic E-state index is 12.9. The highest BCUT2D eigenvalue weighted by molar-refractivity contribution is 5.71. The molecule has 0 aromatic carbocycles. The summed E-state index contributed by atoms with van der Waals surface area (Å²) in [7, 11) is 0. The summed E-state index contributed by atoms with van der Waals surface area (Å²) in [5.74, 6) is -0.916. The molecule has 0 aliphatic carbocycles. The lowest BCUT2D eigenvalue weighted by atomic mass is 10.0. The van der Waals surface area contributed by atoms with Crippen LogP contribution in [0.3, 0.4) is 0 Å². The summed E-state index contributed by atoms with van der Waals surface area (Å²) < 4.78 is 16.8. The van der Waals surface area contributed by atoms with Gasteiger partial charge in [0, 0.05) is 19.3 Å². The molecule has 0 fully saturated rings. The van der Waals surface area contributed by atoms with Gasteiger partial charge in [-0.25, -0.2) is 0 Å². The number of carbonyl (C=O) groups is 3. The minimum Gasteiger partial charge on any atom is -0.462 e. The van der Waals surface area contributed by atoms with Gasteiger partial charge in [-0.3, -0.25) is 14.4 Å². The zero-order valence-electron chi connectivity index (χ0n) is 54.2. The van der Waals surface area contributed by atoms with Crippen molar-refractivity contribution in [1.82, 2.24) is 0 Å². The average molecular weight is 1150 g/mol. The minimum atomic E-state index is -0.791. The molecule has 0 spiro atoms. The van der Waals surface area contributed by atoms with Gasteiger partial charge >= 0.3 is 17.9 Å². The van der Waals surface area contributed by atoms with E-state index in [1.54, 1.807) is 0 Å². The molecule has 0 heterocycles. The Hall–Kier alpha value is -4.45. The molecule has 1 unspecified atom stereocenters. The molecule has 83 heavy (non-hydrogen) atoms. The van der Waals surface area contributed by atoms with Crippen molar-refractivity contribution in [3.05, 3.63) is 134 Å². The van der Waals surface area contributed by atoms with Gasteiger partial charge in [-0.2, -0.15) is 0 Å². The number of ether oxygens (including phenoxy) is 3. The predicted molar refractivity (Wildman–Crippen MR) is 362 cm³/mol. The van der Waals surface area contributed by atoms with Gasteiger partial charge in [0.15, 0.2) is 6.10 Å². The van der Waals surface area contributed by atoms with Crippen LogP contribution in [-0.4, -0.2) is 37.2 Å². The Morgan fingerprint density at radius 1 is 0.253 bits per heavy atom. The fraction of sp³-hybridized carbons (Fsp3) is 0.675. The average Bonchev–Trinajstić information content (AvgIpc) is 3.49. The van der Waals surface area contributed by atoms with E-state index in [1.165, 1.54) is 141 Å². The summed E-state index contributed by atoms with van der Waals surface area (Å²) in [5, 5.41) is 0. The van der Waals surface area contributed by atoms with E-state index in [4.69, 9.17) is 14.2 Å². The highest BCUT2D eigenvalue weighted by Crippen LogP contribution is 2.16. The molecule has 0 bridgehead atoms. The van der Waals surface area contributed by atoms with Crippen LogP contribution in [0.4, 0.5) is 0 Å². The highest BCUT2D eigenvalue weighted by Gasteiger charge is 2.19. The van der Waals surface area contributed by atoms with Gasteiger partial charge in [-0.05, 0) is 122 Å². The largest absolute Gasteiger partial charge is 0.462 e. The number of carbonyl (C=O) groups excluding carboxylic acids is 3. The molecule has 0 aliphatic rings.